The van der Waals surface area contributed by atoms with Gasteiger partial charge in [-0.15, -0.1) is 11.8 Å². The Bertz CT molecular complexity index is 957. The lowest BCUT2D eigenvalue weighted by atomic mass is 10.3. The standard InChI is InChI=1S/C19H23N3O4S2/c1-13(27-17-10-8-15(9-11-17)20-14(2)23)19(24)21-16-6-5-7-18(12-16)28(25,26)22(3)4/h5-13H,1-4H3,(H,20,23)(H,21,24). The second kappa shape index (κ2) is 9.22. The molecule has 0 aromatic heterocycles. The average molecular weight is 422 g/mol. The molecule has 2 aromatic carbocycles. The van der Waals surface area contributed by atoms with E-state index in [1.807, 2.05) is 12.1 Å². The van der Waals surface area contributed by atoms with E-state index in [9.17, 15) is 18.0 Å². The summed E-state index contributed by atoms with van der Waals surface area (Å²) < 4.78 is 25.6. The minimum absolute atomic E-state index is 0.115. The molecule has 0 radical (unpaired) electrons. The summed E-state index contributed by atoms with van der Waals surface area (Å²) in [6, 6.07) is 13.3. The number of hydrogen-bond donors (Lipinski definition) is 2. The summed E-state index contributed by atoms with van der Waals surface area (Å²) in [7, 11) is -0.660. The van der Waals surface area contributed by atoms with Crippen molar-refractivity contribution in [3.63, 3.8) is 0 Å². The van der Waals surface area contributed by atoms with Gasteiger partial charge in [-0.25, -0.2) is 12.7 Å². The van der Waals surface area contributed by atoms with Gasteiger partial charge < -0.3 is 10.6 Å². The zero-order chi connectivity index (χ0) is 20.9. The SMILES string of the molecule is CC(=O)Nc1ccc(SC(C)C(=O)Nc2cccc(S(=O)(=O)N(C)C)c2)cc1. The Balaban J connectivity index is 2.04. The molecule has 0 saturated heterocycles. The van der Waals surface area contributed by atoms with Crippen molar-refractivity contribution in [3.8, 4) is 0 Å². The van der Waals surface area contributed by atoms with Gasteiger partial charge in [-0.1, -0.05) is 6.07 Å². The van der Waals surface area contributed by atoms with Gasteiger partial charge in [0.25, 0.3) is 0 Å². The number of carbonyl (C=O) groups excluding carboxylic acids is 2. The molecule has 0 aliphatic heterocycles. The molecule has 2 N–H and O–H groups in total. The number of rotatable bonds is 7. The monoisotopic (exact) mass is 421 g/mol. The maximum absolute atomic E-state index is 12.5. The number of anilines is 2. The molecule has 2 aromatic rings. The Morgan fingerprint density at radius 3 is 2.21 bits per heavy atom. The number of sulfonamides is 1. The van der Waals surface area contributed by atoms with E-state index in [4.69, 9.17) is 0 Å². The predicted octanol–water partition coefficient (Wildman–Crippen LogP) is 3.01. The minimum Gasteiger partial charge on any atom is -0.326 e. The quantitative estimate of drug-likeness (QED) is 0.670. The zero-order valence-corrected chi connectivity index (χ0v) is 17.7. The molecule has 9 heteroatoms. The molecule has 2 rings (SSSR count). The Hall–Kier alpha value is -2.36. The Morgan fingerprint density at radius 1 is 1.00 bits per heavy atom. The van der Waals surface area contributed by atoms with Crippen molar-refractivity contribution in [1.29, 1.82) is 0 Å². The first-order chi connectivity index (χ1) is 13.1. The maximum Gasteiger partial charge on any atom is 0.242 e. The molecule has 0 heterocycles. The van der Waals surface area contributed by atoms with Crippen LogP contribution in [0, 0.1) is 0 Å². The second-order valence-electron chi connectivity index (χ2n) is 6.27. The van der Waals surface area contributed by atoms with Crippen LogP contribution >= 0.6 is 11.8 Å². The van der Waals surface area contributed by atoms with Crippen LogP contribution in [-0.2, 0) is 19.6 Å². The highest BCUT2D eigenvalue weighted by Gasteiger charge is 2.19. The van der Waals surface area contributed by atoms with E-state index in [1.165, 1.54) is 44.9 Å². The van der Waals surface area contributed by atoms with Crippen LogP contribution in [0.2, 0.25) is 0 Å². The van der Waals surface area contributed by atoms with E-state index in [-0.39, 0.29) is 16.7 Å². The van der Waals surface area contributed by atoms with Crippen LogP contribution in [0.4, 0.5) is 11.4 Å². The molecule has 1 unspecified atom stereocenters. The first-order valence-electron chi connectivity index (χ1n) is 8.47. The van der Waals surface area contributed by atoms with Crippen LogP contribution in [0.15, 0.2) is 58.3 Å². The number of amides is 2. The van der Waals surface area contributed by atoms with Gasteiger partial charge in [0.15, 0.2) is 0 Å². The molecule has 0 spiro atoms. The Kier molecular flexibility index (Phi) is 7.22. The number of thioether (sulfide) groups is 1. The fourth-order valence-corrected chi connectivity index (χ4v) is 4.08. The number of benzene rings is 2. The zero-order valence-electron chi connectivity index (χ0n) is 16.1. The first-order valence-corrected chi connectivity index (χ1v) is 10.8. The Morgan fingerprint density at radius 2 is 1.64 bits per heavy atom. The van der Waals surface area contributed by atoms with Gasteiger partial charge in [0.1, 0.15) is 0 Å². The fourth-order valence-electron chi connectivity index (χ4n) is 2.27. The molecule has 0 aliphatic carbocycles. The average Bonchev–Trinajstić information content (AvgIpc) is 2.63. The van der Waals surface area contributed by atoms with Crippen LogP contribution in [0.1, 0.15) is 13.8 Å². The van der Waals surface area contributed by atoms with Crippen molar-refractivity contribution in [1.82, 2.24) is 4.31 Å². The highest BCUT2D eigenvalue weighted by atomic mass is 32.2. The molecular weight excluding hydrogens is 398 g/mol. The van der Waals surface area contributed by atoms with Crippen LogP contribution < -0.4 is 10.6 Å². The number of nitrogens with zero attached hydrogens (tertiary/aromatic N) is 1. The van der Waals surface area contributed by atoms with Crippen molar-refractivity contribution < 1.29 is 18.0 Å². The lowest BCUT2D eigenvalue weighted by Gasteiger charge is -2.15. The van der Waals surface area contributed by atoms with Crippen molar-refractivity contribution in [2.75, 3.05) is 24.7 Å². The van der Waals surface area contributed by atoms with E-state index < -0.39 is 15.3 Å². The van der Waals surface area contributed by atoms with Crippen molar-refractivity contribution >= 4 is 45.0 Å². The summed E-state index contributed by atoms with van der Waals surface area (Å²) in [6.07, 6.45) is 0. The maximum atomic E-state index is 12.5. The van der Waals surface area contributed by atoms with Gasteiger partial charge in [-0.3, -0.25) is 9.59 Å². The van der Waals surface area contributed by atoms with Gasteiger partial charge in [-0.05, 0) is 49.4 Å². The van der Waals surface area contributed by atoms with Crippen molar-refractivity contribution in [2.45, 2.75) is 28.9 Å². The van der Waals surface area contributed by atoms with E-state index in [2.05, 4.69) is 10.6 Å². The lowest BCUT2D eigenvalue weighted by molar-refractivity contribution is -0.115. The highest BCUT2D eigenvalue weighted by Crippen LogP contribution is 2.26. The normalized spacial score (nSPS) is 12.5. The number of nitrogens with one attached hydrogen (secondary N) is 2. The number of hydrogen-bond acceptors (Lipinski definition) is 5. The molecule has 28 heavy (non-hydrogen) atoms. The van der Waals surface area contributed by atoms with Gasteiger partial charge in [-0.2, -0.15) is 0 Å². The second-order valence-corrected chi connectivity index (χ2v) is 9.84. The van der Waals surface area contributed by atoms with Crippen LogP contribution in [0.3, 0.4) is 0 Å². The molecular formula is C19H23N3O4S2. The molecule has 2 amide bonds. The predicted molar refractivity (Wildman–Crippen MR) is 112 cm³/mol. The summed E-state index contributed by atoms with van der Waals surface area (Å²) in [5.41, 5.74) is 1.11. The van der Waals surface area contributed by atoms with E-state index >= 15 is 0 Å². The molecule has 0 bridgehead atoms. The van der Waals surface area contributed by atoms with E-state index in [1.54, 1.807) is 31.2 Å². The summed E-state index contributed by atoms with van der Waals surface area (Å²) >= 11 is 1.36. The minimum atomic E-state index is -3.57. The fraction of sp³-hybridized carbons (Fsp3) is 0.263. The first kappa shape index (κ1) is 21.9. The summed E-state index contributed by atoms with van der Waals surface area (Å²) in [6.45, 7) is 3.20. The summed E-state index contributed by atoms with van der Waals surface area (Å²) in [4.78, 5) is 24.5. The summed E-state index contributed by atoms with van der Waals surface area (Å²) in [5.74, 6) is -0.387. The van der Waals surface area contributed by atoms with Crippen LogP contribution in [0.5, 0.6) is 0 Å². The summed E-state index contributed by atoms with van der Waals surface area (Å²) in [5, 5.41) is 5.04. The van der Waals surface area contributed by atoms with E-state index in [0.717, 1.165) is 9.20 Å². The smallest absolute Gasteiger partial charge is 0.242 e. The molecule has 0 saturated carbocycles. The largest absolute Gasteiger partial charge is 0.326 e. The van der Waals surface area contributed by atoms with Gasteiger partial charge in [0.05, 0.1) is 10.1 Å². The lowest BCUT2D eigenvalue weighted by Crippen LogP contribution is -2.24. The third-order valence-electron chi connectivity index (χ3n) is 3.74. The third kappa shape index (κ3) is 5.82. The van der Waals surface area contributed by atoms with Gasteiger partial charge >= 0.3 is 0 Å². The third-order valence-corrected chi connectivity index (χ3v) is 6.66. The van der Waals surface area contributed by atoms with Gasteiger partial charge in [0, 0.05) is 37.3 Å². The molecule has 0 aliphatic rings. The molecule has 150 valence electrons. The molecule has 1 atom stereocenters. The number of carbonyl (C=O) groups is 2. The molecule has 7 nitrogen and oxygen atoms in total. The highest BCUT2D eigenvalue weighted by molar-refractivity contribution is 8.00. The van der Waals surface area contributed by atoms with Crippen LogP contribution in [0.25, 0.3) is 0 Å². The molecule has 0 fully saturated rings. The van der Waals surface area contributed by atoms with Crippen LogP contribution in [-0.4, -0.2) is 43.9 Å². The van der Waals surface area contributed by atoms with Crippen molar-refractivity contribution in [3.05, 3.63) is 48.5 Å². The Labute approximate surface area is 169 Å². The van der Waals surface area contributed by atoms with Crippen molar-refractivity contribution in [2.24, 2.45) is 0 Å². The van der Waals surface area contributed by atoms with E-state index in [0.29, 0.717) is 11.4 Å². The topological polar surface area (TPSA) is 95.6 Å². The van der Waals surface area contributed by atoms with Gasteiger partial charge in [0.2, 0.25) is 21.8 Å².